The zero-order chi connectivity index (χ0) is 13.7. The molecule has 0 fully saturated rings. The van der Waals surface area contributed by atoms with E-state index in [1.54, 1.807) is 0 Å². The number of hydrogen-bond donors (Lipinski definition) is 0. The molecule has 3 nitrogen and oxygen atoms in total. The second-order valence-electron chi connectivity index (χ2n) is 4.42. The lowest BCUT2D eigenvalue weighted by molar-refractivity contribution is 0.600. The Hall–Kier alpha value is -2.34. The molecule has 0 spiro atoms. The molecule has 2 rings (SSSR count). The lowest BCUT2D eigenvalue weighted by Gasteiger charge is -2.02. The van der Waals surface area contributed by atoms with Gasteiger partial charge in [-0.15, -0.1) is 0 Å². The molecule has 1 aromatic heterocycles. The minimum absolute atomic E-state index is 0.0916. The van der Waals surface area contributed by atoms with E-state index in [0.717, 1.165) is 24.8 Å². The Morgan fingerprint density at radius 3 is 3.00 bits per heavy atom. The minimum Gasteiger partial charge on any atom is -0.463 e. The van der Waals surface area contributed by atoms with Crippen LogP contribution < -0.4 is 5.43 Å². The molecule has 0 aliphatic rings. The Morgan fingerprint density at radius 1 is 1.42 bits per heavy atom. The summed E-state index contributed by atoms with van der Waals surface area (Å²) < 4.78 is 5.42. The fourth-order valence-corrected chi connectivity index (χ4v) is 1.97. The Kier molecular flexibility index (Phi) is 4.15. The van der Waals surface area contributed by atoms with Crippen molar-refractivity contribution in [3.8, 4) is 6.07 Å². The van der Waals surface area contributed by atoms with Crippen LogP contribution in [0.4, 0.5) is 0 Å². The predicted molar refractivity (Wildman–Crippen MR) is 75.7 cm³/mol. The van der Waals surface area contributed by atoms with Crippen molar-refractivity contribution in [3.05, 3.63) is 51.9 Å². The van der Waals surface area contributed by atoms with Crippen LogP contribution in [0.3, 0.4) is 0 Å². The van der Waals surface area contributed by atoms with Crippen molar-refractivity contribution >= 4 is 17.0 Å². The maximum Gasteiger partial charge on any atom is 0.199 e. The largest absolute Gasteiger partial charge is 0.463 e. The van der Waals surface area contributed by atoms with Crippen LogP contribution in [-0.4, -0.2) is 0 Å². The van der Waals surface area contributed by atoms with E-state index in [-0.39, 0.29) is 5.43 Å². The molecule has 0 unspecified atom stereocenters. The summed E-state index contributed by atoms with van der Waals surface area (Å²) in [7, 11) is 0. The topological polar surface area (TPSA) is 54.0 Å². The molecule has 0 N–H and O–H groups in total. The van der Waals surface area contributed by atoms with E-state index in [9.17, 15) is 4.79 Å². The van der Waals surface area contributed by atoms with Crippen molar-refractivity contribution in [2.24, 2.45) is 0 Å². The Labute approximate surface area is 111 Å². The van der Waals surface area contributed by atoms with Crippen LogP contribution in [0.25, 0.3) is 17.0 Å². The highest BCUT2D eigenvalue weighted by Gasteiger charge is 2.05. The molecule has 0 saturated heterocycles. The maximum atomic E-state index is 12.2. The SMILES string of the molecule is CCCCc1ccc2occ(/C=C/C#N)c(=O)c2c1. The van der Waals surface area contributed by atoms with Crippen LogP contribution in [0, 0.1) is 11.3 Å². The number of nitriles is 1. The molecule has 1 heterocycles. The van der Waals surface area contributed by atoms with Crippen LogP contribution >= 0.6 is 0 Å². The van der Waals surface area contributed by atoms with Gasteiger partial charge in [-0.2, -0.15) is 5.26 Å². The third-order valence-electron chi connectivity index (χ3n) is 3.02. The van der Waals surface area contributed by atoms with Gasteiger partial charge in [0.2, 0.25) is 0 Å². The summed E-state index contributed by atoms with van der Waals surface area (Å²) in [6, 6.07) is 7.58. The predicted octanol–water partition coefficient (Wildman–Crippen LogP) is 3.67. The summed E-state index contributed by atoms with van der Waals surface area (Å²) in [5.41, 5.74) is 2.04. The standard InChI is InChI=1S/C16H15NO2/c1-2-3-5-12-7-8-15-14(10-12)16(18)13(11-19-15)6-4-9-17/h4,6-8,10-11H,2-3,5H2,1H3/b6-4+. The third kappa shape index (κ3) is 2.92. The van der Waals surface area contributed by atoms with Crippen LogP contribution in [0.2, 0.25) is 0 Å². The van der Waals surface area contributed by atoms with Gasteiger partial charge in [0.25, 0.3) is 0 Å². The molecule has 19 heavy (non-hydrogen) atoms. The number of fused-ring (bicyclic) bond motifs is 1. The van der Waals surface area contributed by atoms with E-state index in [0.29, 0.717) is 16.5 Å². The van der Waals surface area contributed by atoms with E-state index in [1.807, 2.05) is 24.3 Å². The third-order valence-corrected chi connectivity index (χ3v) is 3.02. The average molecular weight is 253 g/mol. The van der Waals surface area contributed by atoms with Crippen LogP contribution in [0.5, 0.6) is 0 Å². The van der Waals surface area contributed by atoms with Gasteiger partial charge in [0, 0.05) is 6.08 Å². The van der Waals surface area contributed by atoms with Gasteiger partial charge in [-0.1, -0.05) is 19.4 Å². The van der Waals surface area contributed by atoms with Gasteiger partial charge in [0.1, 0.15) is 11.8 Å². The van der Waals surface area contributed by atoms with Crippen molar-refractivity contribution in [2.45, 2.75) is 26.2 Å². The van der Waals surface area contributed by atoms with E-state index >= 15 is 0 Å². The van der Waals surface area contributed by atoms with Gasteiger partial charge in [-0.05, 0) is 36.6 Å². The first-order chi connectivity index (χ1) is 9.26. The van der Waals surface area contributed by atoms with E-state index in [2.05, 4.69) is 6.92 Å². The van der Waals surface area contributed by atoms with Gasteiger partial charge in [0.15, 0.2) is 5.43 Å². The molecule has 3 heteroatoms. The molecule has 0 aliphatic carbocycles. The summed E-state index contributed by atoms with van der Waals surface area (Å²) in [6.07, 6.45) is 7.33. The van der Waals surface area contributed by atoms with Gasteiger partial charge < -0.3 is 4.42 Å². The Morgan fingerprint density at radius 2 is 2.26 bits per heavy atom. The highest BCUT2D eigenvalue weighted by atomic mass is 16.3. The van der Waals surface area contributed by atoms with Crippen molar-refractivity contribution in [3.63, 3.8) is 0 Å². The van der Waals surface area contributed by atoms with Crippen LogP contribution in [-0.2, 0) is 6.42 Å². The second kappa shape index (κ2) is 6.01. The first-order valence-electron chi connectivity index (χ1n) is 6.37. The second-order valence-corrected chi connectivity index (χ2v) is 4.42. The van der Waals surface area contributed by atoms with Crippen molar-refractivity contribution < 1.29 is 4.42 Å². The monoisotopic (exact) mass is 253 g/mol. The van der Waals surface area contributed by atoms with Crippen LogP contribution in [0.1, 0.15) is 30.9 Å². The molecular formula is C16H15NO2. The summed E-state index contributed by atoms with van der Waals surface area (Å²) >= 11 is 0. The van der Waals surface area contributed by atoms with Crippen LogP contribution in [0.15, 0.2) is 39.7 Å². The summed E-state index contributed by atoms with van der Waals surface area (Å²) in [4.78, 5) is 12.2. The van der Waals surface area contributed by atoms with Gasteiger partial charge in [-0.3, -0.25) is 4.79 Å². The first-order valence-corrected chi connectivity index (χ1v) is 6.37. The average Bonchev–Trinajstić information content (AvgIpc) is 2.45. The molecule has 0 atom stereocenters. The zero-order valence-corrected chi connectivity index (χ0v) is 10.8. The quantitative estimate of drug-likeness (QED) is 0.781. The molecule has 0 saturated carbocycles. The molecule has 1 aromatic carbocycles. The number of nitrogens with zero attached hydrogens (tertiary/aromatic N) is 1. The highest BCUT2D eigenvalue weighted by molar-refractivity contribution is 5.79. The minimum atomic E-state index is -0.0916. The summed E-state index contributed by atoms with van der Waals surface area (Å²) in [5.74, 6) is 0. The van der Waals surface area contributed by atoms with Gasteiger partial charge >= 0.3 is 0 Å². The Bertz CT molecular complexity index is 705. The fourth-order valence-electron chi connectivity index (χ4n) is 1.97. The van der Waals surface area contributed by atoms with Gasteiger partial charge in [-0.25, -0.2) is 0 Å². The number of aryl methyl sites for hydroxylation is 1. The Balaban J connectivity index is 2.50. The number of benzene rings is 1. The molecule has 2 aromatic rings. The smallest absolute Gasteiger partial charge is 0.199 e. The van der Waals surface area contributed by atoms with E-state index < -0.39 is 0 Å². The van der Waals surface area contributed by atoms with Crippen molar-refractivity contribution in [1.29, 1.82) is 5.26 Å². The maximum absolute atomic E-state index is 12.2. The van der Waals surface area contributed by atoms with Crippen molar-refractivity contribution in [2.75, 3.05) is 0 Å². The number of rotatable bonds is 4. The molecule has 0 bridgehead atoms. The lowest BCUT2D eigenvalue weighted by Crippen LogP contribution is -2.05. The first kappa shape index (κ1) is 13.1. The normalized spacial score (nSPS) is 10.9. The lowest BCUT2D eigenvalue weighted by atomic mass is 10.0. The summed E-state index contributed by atoms with van der Waals surface area (Å²) in [5, 5.41) is 9.08. The van der Waals surface area contributed by atoms with Gasteiger partial charge in [0.05, 0.1) is 17.0 Å². The molecular weight excluding hydrogens is 238 g/mol. The number of unbranched alkanes of at least 4 members (excludes halogenated alkanes) is 1. The van der Waals surface area contributed by atoms with E-state index in [1.165, 1.54) is 18.4 Å². The number of hydrogen-bond acceptors (Lipinski definition) is 3. The molecule has 0 radical (unpaired) electrons. The molecule has 96 valence electrons. The molecule has 0 aliphatic heterocycles. The highest BCUT2D eigenvalue weighted by Crippen LogP contribution is 2.16. The molecule has 0 amide bonds. The van der Waals surface area contributed by atoms with E-state index in [4.69, 9.17) is 9.68 Å². The zero-order valence-electron chi connectivity index (χ0n) is 10.8. The van der Waals surface area contributed by atoms with Crippen molar-refractivity contribution in [1.82, 2.24) is 0 Å². The summed E-state index contributed by atoms with van der Waals surface area (Å²) in [6.45, 7) is 2.14. The fraction of sp³-hybridized carbons (Fsp3) is 0.250. The number of allylic oxidation sites excluding steroid dienone is 1.